The van der Waals surface area contributed by atoms with Gasteiger partial charge in [0.15, 0.2) is 5.78 Å². The number of carboxylic acids is 1. The smallest absolute Gasteiger partial charge is 0.435 e. The lowest BCUT2D eigenvalue weighted by molar-refractivity contribution is 0.0522. The minimum absolute atomic E-state index is 0.0623. The van der Waals surface area contributed by atoms with E-state index >= 15 is 0 Å². The summed E-state index contributed by atoms with van der Waals surface area (Å²) in [6.07, 6.45) is 13.0. The third-order valence-electron chi connectivity index (χ3n) is 11.8. The summed E-state index contributed by atoms with van der Waals surface area (Å²) < 4.78 is 14.5. The van der Waals surface area contributed by atoms with E-state index < -0.39 is 17.7 Å². The first kappa shape index (κ1) is 63.5. The van der Waals surface area contributed by atoms with Gasteiger partial charge < -0.3 is 41.7 Å². The number of H-pyrrole nitrogens is 1. The van der Waals surface area contributed by atoms with Crippen molar-refractivity contribution < 1.29 is 29.0 Å². The van der Waals surface area contributed by atoms with Crippen molar-refractivity contribution in [3.63, 3.8) is 0 Å². The summed E-state index contributed by atoms with van der Waals surface area (Å²) >= 11 is 13.8. The number of aliphatic imine (C=N–C) groups is 1. The number of thiophene rings is 1. The number of pyridine rings is 1. The molecule has 1 fully saturated rings. The number of halogens is 3. The number of rotatable bonds is 8. The molecule has 0 bridgehead atoms. The van der Waals surface area contributed by atoms with Gasteiger partial charge in [0.1, 0.15) is 27.9 Å². The maximum Gasteiger partial charge on any atom is 0.435 e. The van der Waals surface area contributed by atoms with Crippen molar-refractivity contribution in [1.82, 2.24) is 39.7 Å². The number of fused-ring (bicyclic) bond motifs is 3. The van der Waals surface area contributed by atoms with Crippen LogP contribution >= 0.6 is 54.8 Å². The molecule has 4 aromatic carbocycles. The van der Waals surface area contributed by atoms with Gasteiger partial charge in [0, 0.05) is 97.9 Å². The van der Waals surface area contributed by atoms with E-state index in [1.54, 1.807) is 56.1 Å². The van der Waals surface area contributed by atoms with Crippen LogP contribution in [-0.2, 0) is 9.47 Å². The van der Waals surface area contributed by atoms with Crippen LogP contribution in [0.2, 0.25) is 5.28 Å². The molecule has 19 nitrogen and oxygen atoms in total. The number of carbonyl (C=O) groups is 3. The number of nitrogens with two attached hydrogens (primary N) is 2. The molecule has 434 valence electrons. The number of carbonyl (C=O) groups excluding carboxylic acids is 2. The maximum atomic E-state index is 12.2. The first-order valence-electron chi connectivity index (χ1n) is 26.2. The lowest BCUT2D eigenvalue weighted by atomic mass is 10.1. The van der Waals surface area contributed by atoms with E-state index in [2.05, 4.69) is 101 Å². The van der Waals surface area contributed by atoms with Crippen LogP contribution in [0.5, 0.6) is 0 Å². The summed E-state index contributed by atoms with van der Waals surface area (Å²) in [6, 6.07) is 36.7. The average molecular weight is 1300 g/mol. The van der Waals surface area contributed by atoms with E-state index in [9.17, 15) is 14.4 Å². The number of hydrogen-bond donors (Lipinski definition) is 6. The number of ketones is 1. The SMILES string of the molecule is CC(=O)c1cc2ccc(Br)cc2[nH]1.CC(C)(C)OC(=O)n1ncc2cc(Nc3ccnc(Cl)n3)ccc21.C[C@@H](N)c1ccncc1.Cc1nccc(Nc2ccc(C3=CCN=C3)cc2)n1.NC1CCOC1.O=C(O)c1cc2ccc(Br)cc2s1. The number of carboxylic acid groups (broad SMARTS) is 1. The van der Waals surface area contributed by atoms with Crippen LogP contribution in [0.1, 0.15) is 84.2 Å². The van der Waals surface area contributed by atoms with Crippen molar-refractivity contribution in [2.45, 2.75) is 65.6 Å². The predicted octanol–water partition coefficient (Wildman–Crippen LogP) is 14.3. The van der Waals surface area contributed by atoms with Gasteiger partial charge in [0.05, 0.1) is 30.6 Å². The van der Waals surface area contributed by atoms with Gasteiger partial charge in [0.2, 0.25) is 5.28 Å². The van der Waals surface area contributed by atoms with E-state index in [-0.39, 0.29) is 17.1 Å². The second-order valence-electron chi connectivity index (χ2n) is 19.8. The van der Waals surface area contributed by atoms with Crippen molar-refractivity contribution in [3.05, 3.63) is 194 Å². The molecule has 6 aromatic heterocycles. The quantitative estimate of drug-likeness (QED) is 0.0609. The molecule has 2 atom stereocenters. The zero-order valence-corrected chi connectivity index (χ0v) is 51.5. The molecule has 0 spiro atoms. The second kappa shape index (κ2) is 30.5. The molecule has 84 heavy (non-hydrogen) atoms. The number of aromatic nitrogens is 8. The fourth-order valence-corrected chi connectivity index (χ4v) is 9.66. The summed E-state index contributed by atoms with van der Waals surface area (Å²) in [4.78, 5) is 61.7. The Morgan fingerprint density at radius 2 is 1.52 bits per heavy atom. The first-order valence-corrected chi connectivity index (χ1v) is 29.0. The standard InChI is InChI=1S/C16H16ClN5O2.C15H14N4.C10H8BrNO.C9H5BrO2S.C7H10N2.C4H9NO/c1-16(2,3)24-15(23)22-12-5-4-11(8-10(12)9-19-22)20-13-6-7-18-14(17)21-13;1-11-17-9-7-15(18-11)19-14-4-2-12(3-5-14)13-6-8-16-10-13;1-6(13)9-4-7-2-3-8(11)5-10(7)12-9;10-6-2-1-5-3-8(9(11)12)13-7(5)4-6;1-6(8)7-2-4-9-5-3-7;5-4-1-2-6-3-4/h4-9H,1-3H3,(H,18,20,21);2-7,9-10H,8H2,1H3,(H,17,18,19);2-5,12H,1H3;1-4H,(H,11,12);2-6H,8H2,1H3;4H,1-3,5H2/t;;;;6-;/m....1./s1. The Hall–Kier alpha value is -8.09. The monoisotopic (exact) mass is 1300 g/mol. The number of allylic oxidation sites excluding steroid dienone is 1. The summed E-state index contributed by atoms with van der Waals surface area (Å²) in [7, 11) is 0. The summed E-state index contributed by atoms with van der Waals surface area (Å²) in [6.45, 7) is 13.2. The molecule has 2 aliphatic heterocycles. The molecule has 8 N–H and O–H groups in total. The number of ether oxygens (including phenoxy) is 2. The molecule has 1 saturated heterocycles. The Morgan fingerprint density at radius 3 is 2.12 bits per heavy atom. The molecule has 0 radical (unpaired) electrons. The third kappa shape index (κ3) is 19.8. The third-order valence-corrected chi connectivity index (χ3v) is 14.1. The van der Waals surface area contributed by atoms with Crippen LogP contribution in [0.15, 0.2) is 166 Å². The highest BCUT2D eigenvalue weighted by Crippen LogP contribution is 2.29. The van der Waals surface area contributed by atoms with Gasteiger partial charge in [0.25, 0.3) is 0 Å². The molecule has 10 aromatic rings. The molecule has 1 unspecified atom stereocenters. The Balaban J connectivity index is 0.000000152. The minimum atomic E-state index is -0.864. The zero-order chi connectivity index (χ0) is 60.3. The highest BCUT2D eigenvalue weighted by molar-refractivity contribution is 9.10. The molecular formula is C61H62Br2ClN13O6S. The van der Waals surface area contributed by atoms with Gasteiger partial charge in [-0.3, -0.25) is 14.8 Å². The topological polar surface area (TPSA) is 276 Å². The van der Waals surface area contributed by atoms with Crippen LogP contribution in [0.25, 0.3) is 37.5 Å². The number of nitrogens with one attached hydrogen (secondary N) is 3. The van der Waals surface area contributed by atoms with Gasteiger partial charge in [-0.15, -0.1) is 11.3 Å². The van der Waals surface area contributed by atoms with Gasteiger partial charge in [-0.2, -0.15) is 9.78 Å². The Bertz CT molecular complexity index is 3810. The summed E-state index contributed by atoms with van der Waals surface area (Å²) in [5.74, 6) is 1.34. The highest BCUT2D eigenvalue weighted by Gasteiger charge is 2.20. The van der Waals surface area contributed by atoms with Crippen LogP contribution in [-0.4, -0.2) is 100 Å². The van der Waals surface area contributed by atoms with E-state index in [1.807, 2.05) is 126 Å². The lowest BCUT2D eigenvalue weighted by Gasteiger charge is -2.19. The molecule has 0 saturated carbocycles. The maximum absolute atomic E-state index is 12.2. The minimum Gasteiger partial charge on any atom is -0.477 e. The molecule has 0 aliphatic carbocycles. The largest absolute Gasteiger partial charge is 0.477 e. The highest BCUT2D eigenvalue weighted by atomic mass is 79.9. The summed E-state index contributed by atoms with van der Waals surface area (Å²) in [5, 5.41) is 22.2. The molecule has 23 heteroatoms. The molecule has 12 rings (SSSR count). The van der Waals surface area contributed by atoms with Crippen molar-refractivity contribution in [2.75, 3.05) is 30.4 Å². The van der Waals surface area contributed by atoms with Crippen LogP contribution in [0, 0.1) is 6.92 Å². The summed E-state index contributed by atoms with van der Waals surface area (Å²) in [5.41, 5.74) is 18.0. The van der Waals surface area contributed by atoms with E-state index in [1.165, 1.54) is 27.2 Å². The Morgan fingerprint density at radius 1 is 0.845 bits per heavy atom. The van der Waals surface area contributed by atoms with E-state index in [0.29, 0.717) is 27.9 Å². The Labute approximate surface area is 511 Å². The number of hydrogen-bond acceptors (Lipinski definition) is 17. The van der Waals surface area contributed by atoms with Gasteiger partial charge in [-0.1, -0.05) is 62.2 Å². The van der Waals surface area contributed by atoms with Crippen LogP contribution in [0.4, 0.5) is 27.8 Å². The number of aryl methyl sites for hydroxylation is 1. The number of Topliss-reactive ketones (excluding diaryl/α,β-unsaturated/α-hetero) is 1. The number of benzene rings is 4. The fraction of sp³-hybridized carbons (Fsp3) is 0.213. The van der Waals surface area contributed by atoms with E-state index in [4.69, 9.17) is 37.6 Å². The molecular weight excluding hydrogens is 1240 g/mol. The number of aromatic carboxylic acids is 1. The zero-order valence-electron chi connectivity index (χ0n) is 46.8. The lowest BCUT2D eigenvalue weighted by Crippen LogP contribution is -2.27. The number of aromatic amines is 1. The fourth-order valence-electron chi connectivity index (χ4n) is 7.70. The molecule has 2 aliphatic rings. The number of nitrogens with zero attached hydrogens (tertiary/aromatic N) is 8. The second-order valence-corrected chi connectivity index (χ2v) is 23.0. The van der Waals surface area contributed by atoms with E-state index in [0.717, 1.165) is 90.1 Å². The average Bonchev–Trinajstić information content (AvgIpc) is 3.86. The van der Waals surface area contributed by atoms with Gasteiger partial charge in [-0.05, 0) is 166 Å². The van der Waals surface area contributed by atoms with Crippen molar-refractivity contribution in [3.8, 4) is 0 Å². The molecule has 0 amide bonds. The van der Waals surface area contributed by atoms with Crippen LogP contribution < -0.4 is 22.1 Å². The van der Waals surface area contributed by atoms with Gasteiger partial charge >= 0.3 is 12.1 Å². The van der Waals surface area contributed by atoms with Crippen LogP contribution in [0.3, 0.4) is 0 Å². The van der Waals surface area contributed by atoms with Crippen molar-refractivity contribution in [2.24, 2.45) is 16.5 Å². The predicted molar refractivity (Wildman–Crippen MR) is 342 cm³/mol. The number of anilines is 4. The van der Waals surface area contributed by atoms with Gasteiger partial charge in [-0.25, -0.2) is 29.5 Å². The Kier molecular flexibility index (Phi) is 23.0. The first-order chi connectivity index (χ1) is 40.2. The normalized spacial score (nSPS) is 13.5. The molecule has 8 heterocycles. The van der Waals surface area contributed by atoms with Crippen molar-refractivity contribution in [1.29, 1.82) is 0 Å². The van der Waals surface area contributed by atoms with Crippen molar-refractivity contribution >= 4 is 139 Å².